The van der Waals surface area contributed by atoms with Gasteiger partial charge in [0.15, 0.2) is 5.65 Å². The molecule has 4 aromatic rings. The van der Waals surface area contributed by atoms with Crippen LogP contribution in [0.2, 0.25) is 0 Å². The third-order valence-electron chi connectivity index (χ3n) is 5.93. The van der Waals surface area contributed by atoms with Gasteiger partial charge in [0.05, 0.1) is 17.4 Å². The van der Waals surface area contributed by atoms with Crippen molar-refractivity contribution in [3.05, 3.63) is 84.6 Å². The third-order valence-corrected chi connectivity index (χ3v) is 5.93. The summed E-state index contributed by atoms with van der Waals surface area (Å²) in [5.41, 5.74) is 3.62. The molecular weight excluding hydrogens is 390 g/mol. The number of pyridine rings is 2. The lowest BCUT2D eigenvalue weighted by atomic mass is 9.89. The number of likely N-dealkylation sites (tertiary alicyclic amines) is 1. The molecule has 7 nitrogen and oxygen atoms in total. The van der Waals surface area contributed by atoms with Crippen molar-refractivity contribution in [1.29, 1.82) is 0 Å². The predicted molar refractivity (Wildman–Crippen MR) is 117 cm³/mol. The van der Waals surface area contributed by atoms with Gasteiger partial charge in [0, 0.05) is 31.2 Å². The highest BCUT2D eigenvalue weighted by Crippen LogP contribution is 2.30. The number of fused-ring (bicyclic) bond motifs is 1. The minimum Gasteiger partial charge on any atom is -0.387 e. The maximum absolute atomic E-state index is 13.0. The quantitative estimate of drug-likeness (QED) is 0.554. The Labute approximate surface area is 180 Å². The zero-order valence-corrected chi connectivity index (χ0v) is 17.0. The first kappa shape index (κ1) is 19.4. The lowest BCUT2D eigenvalue weighted by molar-refractivity contribution is 0.0447. The maximum atomic E-state index is 13.0. The van der Waals surface area contributed by atoms with Gasteiger partial charge in [-0.25, -0.2) is 9.97 Å². The number of amides is 1. The first-order valence-corrected chi connectivity index (χ1v) is 10.5. The van der Waals surface area contributed by atoms with E-state index in [1.54, 1.807) is 24.8 Å². The van der Waals surface area contributed by atoms with Crippen LogP contribution in [0.25, 0.3) is 16.9 Å². The van der Waals surface area contributed by atoms with E-state index >= 15 is 0 Å². The molecule has 1 aliphatic heterocycles. The van der Waals surface area contributed by atoms with E-state index < -0.39 is 6.10 Å². The van der Waals surface area contributed by atoms with Gasteiger partial charge in [-0.3, -0.25) is 14.3 Å². The van der Waals surface area contributed by atoms with Gasteiger partial charge in [0.25, 0.3) is 5.91 Å². The molecule has 0 saturated carbocycles. The summed E-state index contributed by atoms with van der Waals surface area (Å²) in [4.78, 5) is 28.1. The van der Waals surface area contributed by atoms with Crippen molar-refractivity contribution in [1.82, 2.24) is 24.4 Å². The second-order valence-corrected chi connectivity index (χ2v) is 7.85. The molecule has 7 heteroatoms. The molecular formula is C24H23N5O2. The fourth-order valence-electron chi connectivity index (χ4n) is 4.19. The highest BCUT2D eigenvalue weighted by Gasteiger charge is 2.29. The Morgan fingerprint density at radius 1 is 1.00 bits per heavy atom. The Morgan fingerprint density at radius 2 is 1.77 bits per heavy atom. The van der Waals surface area contributed by atoms with Crippen LogP contribution in [0.1, 0.15) is 35.0 Å². The summed E-state index contributed by atoms with van der Waals surface area (Å²) in [5, 5.41) is 10.6. The Bertz CT molecular complexity index is 1180. The fourth-order valence-corrected chi connectivity index (χ4v) is 4.19. The SMILES string of the molecule is O=C(c1cnc2c(c1)ncn2-c1ccccc1)N1CCC(C(O)c2ccccn2)CC1. The monoisotopic (exact) mass is 413 g/mol. The van der Waals surface area contributed by atoms with Gasteiger partial charge in [0.1, 0.15) is 11.8 Å². The van der Waals surface area contributed by atoms with Crippen LogP contribution in [0.5, 0.6) is 0 Å². The number of aliphatic hydroxyl groups excluding tert-OH is 1. The van der Waals surface area contributed by atoms with Crippen molar-refractivity contribution in [2.45, 2.75) is 18.9 Å². The highest BCUT2D eigenvalue weighted by atomic mass is 16.3. The number of carbonyl (C=O) groups excluding carboxylic acids is 1. The zero-order chi connectivity index (χ0) is 21.2. The lowest BCUT2D eigenvalue weighted by Crippen LogP contribution is -2.39. The zero-order valence-electron chi connectivity index (χ0n) is 17.0. The van der Waals surface area contributed by atoms with Crippen molar-refractivity contribution in [2.75, 3.05) is 13.1 Å². The second-order valence-electron chi connectivity index (χ2n) is 7.85. The predicted octanol–water partition coefficient (Wildman–Crippen LogP) is 3.40. The molecule has 1 atom stereocenters. The molecule has 1 aliphatic rings. The molecule has 1 saturated heterocycles. The van der Waals surface area contributed by atoms with E-state index in [-0.39, 0.29) is 11.8 Å². The Hall–Kier alpha value is -3.58. The van der Waals surface area contributed by atoms with Crippen LogP contribution in [0.4, 0.5) is 0 Å². The van der Waals surface area contributed by atoms with E-state index in [1.165, 1.54) is 0 Å². The molecule has 156 valence electrons. The molecule has 1 amide bonds. The van der Waals surface area contributed by atoms with E-state index in [0.29, 0.717) is 29.9 Å². The number of nitrogens with zero attached hydrogens (tertiary/aromatic N) is 5. The molecule has 0 aliphatic carbocycles. The molecule has 1 aromatic carbocycles. The summed E-state index contributed by atoms with van der Waals surface area (Å²) >= 11 is 0. The van der Waals surface area contributed by atoms with E-state index in [2.05, 4.69) is 15.0 Å². The van der Waals surface area contributed by atoms with Gasteiger partial charge in [0.2, 0.25) is 0 Å². The highest BCUT2D eigenvalue weighted by molar-refractivity contribution is 5.96. The number of rotatable bonds is 4. The number of carbonyl (C=O) groups is 1. The first-order valence-electron chi connectivity index (χ1n) is 10.5. The van der Waals surface area contributed by atoms with Gasteiger partial charge >= 0.3 is 0 Å². The minimum absolute atomic E-state index is 0.0468. The smallest absolute Gasteiger partial charge is 0.255 e. The van der Waals surface area contributed by atoms with Crippen molar-refractivity contribution >= 4 is 17.1 Å². The molecule has 0 radical (unpaired) electrons. The van der Waals surface area contributed by atoms with Crippen LogP contribution in [0.3, 0.4) is 0 Å². The lowest BCUT2D eigenvalue weighted by Gasteiger charge is -2.34. The van der Waals surface area contributed by atoms with Gasteiger partial charge in [-0.1, -0.05) is 24.3 Å². The van der Waals surface area contributed by atoms with Gasteiger partial charge < -0.3 is 10.0 Å². The van der Waals surface area contributed by atoms with Crippen LogP contribution in [-0.2, 0) is 0 Å². The molecule has 0 bridgehead atoms. The number of hydrogen-bond donors (Lipinski definition) is 1. The Kier molecular flexibility index (Phi) is 5.18. The number of piperidine rings is 1. The standard InChI is InChI=1S/C24H23N5O2/c30-22(20-8-4-5-11-25-20)17-9-12-28(13-10-17)24(31)18-14-21-23(26-15-18)29(16-27-21)19-6-2-1-3-7-19/h1-8,11,14-17,22,30H,9-10,12-13H2. The molecule has 1 fully saturated rings. The largest absolute Gasteiger partial charge is 0.387 e. The van der Waals surface area contributed by atoms with Gasteiger partial charge in [-0.05, 0) is 49.1 Å². The van der Waals surface area contributed by atoms with Gasteiger partial charge in [-0.2, -0.15) is 0 Å². The molecule has 5 rings (SSSR count). The molecule has 31 heavy (non-hydrogen) atoms. The summed E-state index contributed by atoms with van der Waals surface area (Å²) in [7, 11) is 0. The van der Waals surface area contributed by atoms with E-state index in [9.17, 15) is 9.90 Å². The first-order chi connectivity index (χ1) is 15.2. The van der Waals surface area contributed by atoms with Crippen LogP contribution < -0.4 is 0 Å². The van der Waals surface area contributed by atoms with Gasteiger partial charge in [-0.15, -0.1) is 0 Å². The number of hydrogen-bond acceptors (Lipinski definition) is 5. The van der Waals surface area contributed by atoms with E-state index in [1.807, 2.05) is 58.0 Å². The molecule has 0 spiro atoms. The number of para-hydroxylation sites is 1. The topological polar surface area (TPSA) is 84.1 Å². The number of imidazole rings is 1. The summed E-state index contributed by atoms with van der Waals surface area (Å²) in [5.74, 6) is 0.0514. The maximum Gasteiger partial charge on any atom is 0.255 e. The van der Waals surface area contributed by atoms with Crippen molar-refractivity contribution < 1.29 is 9.90 Å². The van der Waals surface area contributed by atoms with Crippen LogP contribution in [0.15, 0.2) is 73.3 Å². The van der Waals surface area contributed by atoms with Crippen molar-refractivity contribution in [2.24, 2.45) is 5.92 Å². The molecule has 3 aromatic heterocycles. The average molecular weight is 413 g/mol. The number of aliphatic hydroxyl groups is 1. The number of benzene rings is 1. The third kappa shape index (κ3) is 3.80. The molecule has 1 unspecified atom stereocenters. The van der Waals surface area contributed by atoms with E-state index in [0.717, 1.165) is 24.2 Å². The normalized spacial score (nSPS) is 15.8. The molecule has 4 heterocycles. The van der Waals surface area contributed by atoms with Crippen molar-refractivity contribution in [3.8, 4) is 5.69 Å². The van der Waals surface area contributed by atoms with E-state index in [4.69, 9.17) is 0 Å². The average Bonchev–Trinajstić information content (AvgIpc) is 3.28. The fraction of sp³-hybridized carbons (Fsp3) is 0.250. The van der Waals surface area contributed by atoms with Crippen LogP contribution >= 0.6 is 0 Å². The summed E-state index contributed by atoms with van der Waals surface area (Å²) in [6.45, 7) is 1.20. The Balaban J connectivity index is 1.29. The minimum atomic E-state index is -0.599. The summed E-state index contributed by atoms with van der Waals surface area (Å²) < 4.78 is 1.91. The second kappa shape index (κ2) is 8.28. The number of aromatic nitrogens is 4. The molecule has 1 N–H and O–H groups in total. The van der Waals surface area contributed by atoms with Crippen LogP contribution in [-0.4, -0.2) is 48.5 Å². The van der Waals surface area contributed by atoms with Crippen LogP contribution in [0, 0.1) is 5.92 Å². The van der Waals surface area contributed by atoms with Crippen molar-refractivity contribution in [3.63, 3.8) is 0 Å². The summed E-state index contributed by atoms with van der Waals surface area (Å²) in [6, 6.07) is 17.2. The Morgan fingerprint density at radius 3 is 2.52 bits per heavy atom. The summed E-state index contributed by atoms with van der Waals surface area (Å²) in [6.07, 6.45) is 5.92.